The summed E-state index contributed by atoms with van der Waals surface area (Å²) < 4.78 is 46.4. The van der Waals surface area contributed by atoms with E-state index in [4.69, 9.17) is 4.74 Å². The van der Waals surface area contributed by atoms with Crippen molar-refractivity contribution in [2.45, 2.75) is 45.6 Å². The number of amides is 3. The highest BCUT2D eigenvalue weighted by Crippen LogP contribution is 2.23. The Morgan fingerprint density at radius 3 is 2.69 bits per heavy atom. The van der Waals surface area contributed by atoms with Gasteiger partial charge >= 0.3 is 6.03 Å². The zero-order chi connectivity index (χ0) is 21.4. The lowest BCUT2D eigenvalue weighted by Crippen LogP contribution is -2.30. The molecular formula is C19H28FN3O5S. The molecule has 1 heterocycles. The van der Waals surface area contributed by atoms with Crippen LogP contribution in [0.15, 0.2) is 18.2 Å². The molecule has 1 saturated heterocycles. The Morgan fingerprint density at radius 2 is 2.03 bits per heavy atom. The van der Waals surface area contributed by atoms with Crippen molar-refractivity contribution in [3.05, 3.63) is 29.6 Å². The molecule has 1 atom stereocenters. The van der Waals surface area contributed by atoms with E-state index in [0.29, 0.717) is 38.0 Å². The standard InChI is InChI=1S/C19H28FN3O5S/c1-3-10-28-17-12-15(7-8-16(17)20)14(2)22-29(26,27)11-6-4-5-9-23-13-18(24)21-19(23)25/h7-8,12,14,22H,3-6,9-11,13H2,1-2H3,(H,21,24,25)/t14-/m0/s1. The topological polar surface area (TPSA) is 105 Å². The number of ether oxygens (including phenoxy) is 1. The number of nitrogens with zero attached hydrogens (tertiary/aromatic N) is 1. The Hall–Kier alpha value is -2.20. The largest absolute Gasteiger partial charge is 0.491 e. The van der Waals surface area contributed by atoms with Crippen molar-refractivity contribution in [2.24, 2.45) is 0 Å². The lowest BCUT2D eigenvalue weighted by Gasteiger charge is -2.16. The molecule has 0 unspecified atom stereocenters. The molecule has 3 amide bonds. The molecule has 162 valence electrons. The first-order valence-corrected chi connectivity index (χ1v) is 11.4. The maximum Gasteiger partial charge on any atom is 0.324 e. The van der Waals surface area contributed by atoms with Gasteiger partial charge in [-0.3, -0.25) is 10.1 Å². The highest BCUT2D eigenvalue weighted by atomic mass is 32.2. The molecule has 2 rings (SSSR count). The van der Waals surface area contributed by atoms with E-state index in [-0.39, 0.29) is 24.0 Å². The minimum atomic E-state index is -3.52. The van der Waals surface area contributed by atoms with E-state index in [1.54, 1.807) is 6.92 Å². The van der Waals surface area contributed by atoms with Gasteiger partial charge in [0.05, 0.1) is 12.4 Å². The van der Waals surface area contributed by atoms with Crippen LogP contribution in [0, 0.1) is 5.82 Å². The monoisotopic (exact) mass is 429 g/mol. The second-order valence-corrected chi connectivity index (χ2v) is 8.91. The van der Waals surface area contributed by atoms with Crippen molar-refractivity contribution in [1.29, 1.82) is 0 Å². The fraction of sp³-hybridized carbons (Fsp3) is 0.579. The molecule has 0 saturated carbocycles. The Bertz CT molecular complexity index is 831. The van der Waals surface area contributed by atoms with E-state index >= 15 is 0 Å². The molecule has 1 aromatic carbocycles. The lowest BCUT2D eigenvalue weighted by molar-refractivity contribution is -0.118. The Kier molecular flexibility index (Phi) is 8.39. The molecule has 0 radical (unpaired) electrons. The molecule has 2 N–H and O–H groups in total. The van der Waals surface area contributed by atoms with Crippen LogP contribution in [0.3, 0.4) is 0 Å². The van der Waals surface area contributed by atoms with Crippen molar-refractivity contribution in [2.75, 3.05) is 25.4 Å². The van der Waals surface area contributed by atoms with Crippen LogP contribution in [0.1, 0.15) is 51.1 Å². The number of rotatable bonds is 12. The van der Waals surface area contributed by atoms with Crippen molar-refractivity contribution >= 4 is 22.0 Å². The number of hydrogen-bond acceptors (Lipinski definition) is 5. The zero-order valence-corrected chi connectivity index (χ0v) is 17.6. The van der Waals surface area contributed by atoms with Crippen LogP contribution in [0.25, 0.3) is 0 Å². The predicted molar refractivity (Wildman–Crippen MR) is 106 cm³/mol. The predicted octanol–water partition coefficient (Wildman–Crippen LogP) is 2.32. The van der Waals surface area contributed by atoms with Gasteiger partial charge in [0.2, 0.25) is 15.9 Å². The summed E-state index contributed by atoms with van der Waals surface area (Å²) in [5.41, 5.74) is 0.616. The van der Waals surface area contributed by atoms with Gasteiger partial charge in [0.15, 0.2) is 11.6 Å². The number of nitrogens with one attached hydrogen (secondary N) is 2. The Balaban J connectivity index is 1.78. The minimum Gasteiger partial charge on any atom is -0.491 e. The average molecular weight is 430 g/mol. The van der Waals surface area contributed by atoms with Gasteiger partial charge in [-0.15, -0.1) is 0 Å². The maximum absolute atomic E-state index is 13.8. The third-order valence-corrected chi connectivity index (χ3v) is 6.02. The van der Waals surface area contributed by atoms with Crippen molar-refractivity contribution in [1.82, 2.24) is 14.9 Å². The van der Waals surface area contributed by atoms with E-state index < -0.39 is 27.9 Å². The highest BCUT2D eigenvalue weighted by molar-refractivity contribution is 7.89. The molecule has 10 heteroatoms. The van der Waals surface area contributed by atoms with Crippen molar-refractivity contribution in [3.63, 3.8) is 0 Å². The van der Waals surface area contributed by atoms with Gasteiger partial charge in [-0.25, -0.2) is 22.3 Å². The first-order chi connectivity index (χ1) is 13.7. The SMILES string of the molecule is CCCOc1cc([C@H](C)NS(=O)(=O)CCCCCN2CC(=O)NC2=O)ccc1F. The van der Waals surface area contributed by atoms with Crippen molar-refractivity contribution in [3.8, 4) is 5.75 Å². The number of carbonyl (C=O) groups excluding carboxylic acids is 2. The molecule has 0 aliphatic carbocycles. The Labute approximate surface area is 170 Å². The summed E-state index contributed by atoms with van der Waals surface area (Å²) in [7, 11) is -3.52. The van der Waals surface area contributed by atoms with Crippen LogP contribution in [-0.2, 0) is 14.8 Å². The number of sulfonamides is 1. The van der Waals surface area contributed by atoms with E-state index in [1.165, 1.54) is 23.1 Å². The quantitative estimate of drug-likeness (QED) is 0.392. The molecule has 1 aromatic rings. The molecule has 0 bridgehead atoms. The highest BCUT2D eigenvalue weighted by Gasteiger charge is 2.25. The van der Waals surface area contributed by atoms with Gasteiger partial charge in [0, 0.05) is 12.6 Å². The minimum absolute atomic E-state index is 0.0527. The fourth-order valence-corrected chi connectivity index (χ4v) is 4.32. The smallest absolute Gasteiger partial charge is 0.324 e. The first kappa shape index (κ1) is 23.1. The van der Waals surface area contributed by atoms with Crippen LogP contribution < -0.4 is 14.8 Å². The third-order valence-electron chi connectivity index (χ3n) is 4.48. The number of carbonyl (C=O) groups is 2. The molecular weight excluding hydrogens is 401 g/mol. The molecule has 1 fully saturated rings. The number of urea groups is 1. The average Bonchev–Trinajstić information content (AvgIpc) is 2.97. The van der Waals surface area contributed by atoms with E-state index in [0.717, 1.165) is 6.42 Å². The van der Waals surface area contributed by atoms with Crippen molar-refractivity contribution < 1.29 is 27.1 Å². The van der Waals surface area contributed by atoms with E-state index in [2.05, 4.69) is 10.0 Å². The van der Waals surface area contributed by atoms with Crippen LogP contribution in [0.2, 0.25) is 0 Å². The van der Waals surface area contributed by atoms with Gasteiger partial charge in [-0.2, -0.15) is 0 Å². The maximum atomic E-state index is 13.8. The number of unbranched alkanes of at least 4 members (excludes halogenated alkanes) is 2. The van der Waals surface area contributed by atoms with E-state index in [9.17, 15) is 22.4 Å². The molecule has 0 spiro atoms. The number of imide groups is 1. The van der Waals surface area contributed by atoms with Crippen LogP contribution >= 0.6 is 0 Å². The summed E-state index contributed by atoms with van der Waals surface area (Å²) >= 11 is 0. The zero-order valence-electron chi connectivity index (χ0n) is 16.7. The Morgan fingerprint density at radius 1 is 1.28 bits per heavy atom. The van der Waals surface area contributed by atoms with Gasteiger partial charge in [-0.05, 0) is 43.9 Å². The van der Waals surface area contributed by atoms with Gasteiger partial charge < -0.3 is 9.64 Å². The summed E-state index contributed by atoms with van der Waals surface area (Å²) in [6, 6.07) is 3.39. The summed E-state index contributed by atoms with van der Waals surface area (Å²) in [6.07, 6.45) is 2.39. The first-order valence-electron chi connectivity index (χ1n) is 9.73. The van der Waals surface area contributed by atoms with Gasteiger partial charge in [0.1, 0.15) is 6.54 Å². The summed E-state index contributed by atoms with van der Waals surface area (Å²) in [5.74, 6) is -0.742. The van der Waals surface area contributed by atoms with Gasteiger partial charge in [-0.1, -0.05) is 19.4 Å². The second-order valence-electron chi connectivity index (χ2n) is 7.03. The van der Waals surface area contributed by atoms with Crippen LogP contribution in [-0.4, -0.2) is 50.7 Å². The molecule has 29 heavy (non-hydrogen) atoms. The lowest BCUT2D eigenvalue weighted by atomic mass is 10.1. The molecule has 1 aliphatic heterocycles. The fourth-order valence-electron chi connectivity index (χ4n) is 2.94. The molecule has 1 aliphatic rings. The number of benzene rings is 1. The number of halogens is 1. The van der Waals surface area contributed by atoms with E-state index in [1.807, 2.05) is 6.92 Å². The summed E-state index contributed by atoms with van der Waals surface area (Å²) in [5, 5.41) is 2.20. The van der Waals surface area contributed by atoms with Crippen LogP contribution in [0.5, 0.6) is 5.75 Å². The summed E-state index contributed by atoms with van der Waals surface area (Å²) in [4.78, 5) is 23.9. The molecule has 8 nitrogen and oxygen atoms in total. The summed E-state index contributed by atoms with van der Waals surface area (Å²) in [6.45, 7) is 4.46. The molecule has 0 aromatic heterocycles. The normalized spacial score (nSPS) is 15.5. The number of hydrogen-bond donors (Lipinski definition) is 2. The van der Waals surface area contributed by atoms with Gasteiger partial charge in [0.25, 0.3) is 0 Å². The second kappa shape index (κ2) is 10.5. The van der Waals surface area contributed by atoms with Crippen LogP contribution in [0.4, 0.5) is 9.18 Å². The third kappa shape index (κ3) is 7.28.